The number of aromatic nitrogens is 1. The van der Waals surface area contributed by atoms with E-state index in [1.54, 1.807) is 49.8 Å². The van der Waals surface area contributed by atoms with E-state index in [9.17, 15) is 9.59 Å². The predicted molar refractivity (Wildman–Crippen MR) is 118 cm³/mol. The van der Waals surface area contributed by atoms with Crippen molar-refractivity contribution in [2.24, 2.45) is 0 Å². The lowest BCUT2D eigenvalue weighted by Crippen LogP contribution is -2.25. The number of pyridine rings is 1. The van der Waals surface area contributed by atoms with E-state index in [0.717, 1.165) is 5.56 Å². The second-order valence-electron chi connectivity index (χ2n) is 6.78. The summed E-state index contributed by atoms with van der Waals surface area (Å²) in [6.07, 6.45) is 4.23. The van der Waals surface area contributed by atoms with Crippen molar-refractivity contribution in [1.29, 1.82) is 0 Å². The molecule has 0 saturated heterocycles. The van der Waals surface area contributed by atoms with E-state index < -0.39 is 0 Å². The van der Waals surface area contributed by atoms with E-state index >= 15 is 0 Å². The van der Waals surface area contributed by atoms with Gasteiger partial charge in [-0.1, -0.05) is 18.2 Å². The minimum Gasteiger partial charge on any atom is -0.493 e. The number of ether oxygens (including phenoxy) is 2. The number of nitrogens with one attached hydrogen (secondary N) is 2. The van der Waals surface area contributed by atoms with Crippen LogP contribution in [0.5, 0.6) is 11.5 Å². The first kappa shape index (κ1) is 21.8. The van der Waals surface area contributed by atoms with Crippen molar-refractivity contribution in [3.05, 3.63) is 84.2 Å². The van der Waals surface area contributed by atoms with E-state index in [0.29, 0.717) is 42.3 Å². The molecule has 1 heterocycles. The average Bonchev–Trinajstić information content (AvgIpc) is 2.81. The Bertz CT molecular complexity index is 994. The van der Waals surface area contributed by atoms with E-state index in [1.165, 1.54) is 0 Å². The first-order valence-electron chi connectivity index (χ1n) is 9.98. The molecule has 2 N–H and O–H groups in total. The maximum absolute atomic E-state index is 12.3. The van der Waals surface area contributed by atoms with Gasteiger partial charge in [0, 0.05) is 42.7 Å². The molecule has 160 valence electrons. The second kappa shape index (κ2) is 11.3. The molecule has 1 aromatic heterocycles. The molecule has 0 aliphatic rings. The van der Waals surface area contributed by atoms with Gasteiger partial charge in [0.1, 0.15) is 6.61 Å². The summed E-state index contributed by atoms with van der Waals surface area (Å²) in [5.74, 6) is 0.828. The lowest BCUT2D eigenvalue weighted by molar-refractivity contribution is -0.116. The van der Waals surface area contributed by atoms with Gasteiger partial charge in [0.05, 0.1) is 7.11 Å². The molecule has 0 spiro atoms. The fourth-order valence-corrected chi connectivity index (χ4v) is 2.87. The SMILES string of the molecule is COc1ccc(NC(=O)CCCNC(=O)c2ccccc2)cc1OCc1ccncc1. The average molecular weight is 419 g/mol. The molecule has 0 aliphatic heterocycles. The lowest BCUT2D eigenvalue weighted by atomic mass is 10.2. The van der Waals surface area contributed by atoms with Crippen LogP contribution in [0.3, 0.4) is 0 Å². The quantitative estimate of drug-likeness (QED) is 0.488. The molecule has 3 aromatic rings. The van der Waals surface area contributed by atoms with E-state index in [-0.39, 0.29) is 18.2 Å². The summed E-state index contributed by atoms with van der Waals surface area (Å²) < 4.78 is 11.2. The Hall–Kier alpha value is -3.87. The zero-order valence-electron chi connectivity index (χ0n) is 17.3. The van der Waals surface area contributed by atoms with E-state index in [4.69, 9.17) is 9.47 Å². The summed E-state index contributed by atoms with van der Waals surface area (Å²) in [4.78, 5) is 28.3. The van der Waals surface area contributed by atoms with Gasteiger partial charge in [-0.25, -0.2) is 0 Å². The molecule has 2 aromatic carbocycles. The minimum atomic E-state index is -0.146. The first-order valence-corrected chi connectivity index (χ1v) is 9.98. The van der Waals surface area contributed by atoms with Gasteiger partial charge in [-0.3, -0.25) is 14.6 Å². The van der Waals surface area contributed by atoms with Crippen LogP contribution >= 0.6 is 0 Å². The van der Waals surface area contributed by atoms with Gasteiger partial charge in [0.2, 0.25) is 5.91 Å². The predicted octanol–water partition coefficient (Wildman–Crippen LogP) is 3.82. The largest absolute Gasteiger partial charge is 0.493 e. The van der Waals surface area contributed by atoms with Crippen LogP contribution in [0, 0.1) is 0 Å². The molecule has 0 radical (unpaired) electrons. The van der Waals surface area contributed by atoms with Crippen LogP contribution < -0.4 is 20.1 Å². The molecule has 7 nitrogen and oxygen atoms in total. The third-order valence-corrected chi connectivity index (χ3v) is 4.49. The van der Waals surface area contributed by atoms with Gasteiger partial charge >= 0.3 is 0 Å². The highest BCUT2D eigenvalue weighted by atomic mass is 16.5. The number of hydrogen-bond donors (Lipinski definition) is 2. The van der Waals surface area contributed by atoms with Crippen LogP contribution in [0.1, 0.15) is 28.8 Å². The van der Waals surface area contributed by atoms with Crippen LogP contribution in [0.25, 0.3) is 0 Å². The van der Waals surface area contributed by atoms with Crippen molar-refractivity contribution in [1.82, 2.24) is 10.3 Å². The van der Waals surface area contributed by atoms with Gasteiger partial charge in [-0.2, -0.15) is 0 Å². The molecule has 2 amide bonds. The molecule has 0 saturated carbocycles. The minimum absolute atomic E-state index is 0.140. The maximum Gasteiger partial charge on any atom is 0.251 e. The van der Waals surface area contributed by atoms with Gasteiger partial charge in [-0.05, 0) is 48.4 Å². The second-order valence-corrected chi connectivity index (χ2v) is 6.78. The van der Waals surface area contributed by atoms with Crippen molar-refractivity contribution in [3.8, 4) is 11.5 Å². The summed E-state index contributed by atoms with van der Waals surface area (Å²) in [6.45, 7) is 0.779. The van der Waals surface area contributed by atoms with Crippen molar-refractivity contribution in [2.75, 3.05) is 19.0 Å². The number of nitrogens with zero attached hydrogens (tertiary/aromatic N) is 1. The molecular weight excluding hydrogens is 394 g/mol. The fourth-order valence-electron chi connectivity index (χ4n) is 2.87. The highest BCUT2D eigenvalue weighted by Gasteiger charge is 2.09. The molecule has 0 aliphatic carbocycles. The molecule has 0 atom stereocenters. The molecule has 31 heavy (non-hydrogen) atoms. The van der Waals surface area contributed by atoms with Gasteiger partial charge < -0.3 is 20.1 Å². The number of amides is 2. The van der Waals surface area contributed by atoms with E-state index in [2.05, 4.69) is 15.6 Å². The summed E-state index contributed by atoms with van der Waals surface area (Å²) >= 11 is 0. The Balaban J connectivity index is 1.47. The number of methoxy groups -OCH3 is 1. The molecule has 7 heteroatoms. The standard InChI is InChI=1S/C24H25N3O4/c1-30-21-10-9-20(16-22(21)31-17-18-11-14-25-15-12-18)27-23(28)8-5-13-26-24(29)19-6-3-2-4-7-19/h2-4,6-7,9-12,14-16H,5,8,13,17H2,1H3,(H,26,29)(H,27,28). The highest BCUT2D eigenvalue weighted by Crippen LogP contribution is 2.31. The van der Waals surface area contributed by atoms with E-state index in [1.807, 2.05) is 30.3 Å². The third kappa shape index (κ3) is 6.85. The Morgan fingerprint density at radius 2 is 1.74 bits per heavy atom. The Morgan fingerprint density at radius 3 is 2.48 bits per heavy atom. The van der Waals surface area contributed by atoms with Crippen LogP contribution in [0.15, 0.2) is 73.1 Å². The number of rotatable bonds is 10. The van der Waals surface area contributed by atoms with Crippen LogP contribution in [0.2, 0.25) is 0 Å². The van der Waals surface area contributed by atoms with Crippen LogP contribution in [0.4, 0.5) is 5.69 Å². The molecule has 0 bridgehead atoms. The zero-order valence-corrected chi connectivity index (χ0v) is 17.3. The van der Waals surface area contributed by atoms with Gasteiger partial charge in [0.25, 0.3) is 5.91 Å². The summed E-state index contributed by atoms with van der Waals surface area (Å²) in [7, 11) is 1.57. The number of hydrogen-bond acceptors (Lipinski definition) is 5. The molecule has 0 unspecified atom stereocenters. The lowest BCUT2D eigenvalue weighted by Gasteiger charge is -2.13. The first-order chi connectivity index (χ1) is 15.2. The Morgan fingerprint density at radius 1 is 0.968 bits per heavy atom. The fraction of sp³-hybridized carbons (Fsp3) is 0.208. The molecular formula is C24H25N3O4. The summed E-state index contributed by atoms with van der Waals surface area (Å²) in [6, 6.07) is 18.0. The third-order valence-electron chi connectivity index (χ3n) is 4.49. The Labute approximate surface area is 181 Å². The number of carbonyl (C=O) groups excluding carboxylic acids is 2. The summed E-state index contributed by atoms with van der Waals surface area (Å²) in [5, 5.41) is 5.67. The van der Waals surface area contributed by atoms with Crippen LogP contribution in [-0.4, -0.2) is 30.5 Å². The zero-order chi connectivity index (χ0) is 21.9. The number of carbonyl (C=O) groups is 2. The summed E-state index contributed by atoms with van der Waals surface area (Å²) in [5.41, 5.74) is 2.19. The van der Waals surface area contributed by atoms with Crippen molar-refractivity contribution in [3.63, 3.8) is 0 Å². The maximum atomic E-state index is 12.3. The van der Waals surface area contributed by atoms with Crippen molar-refractivity contribution in [2.45, 2.75) is 19.4 Å². The van der Waals surface area contributed by atoms with Gasteiger partial charge in [-0.15, -0.1) is 0 Å². The topological polar surface area (TPSA) is 89.6 Å². The van der Waals surface area contributed by atoms with Gasteiger partial charge in [0.15, 0.2) is 11.5 Å². The van der Waals surface area contributed by atoms with Crippen LogP contribution in [-0.2, 0) is 11.4 Å². The Kier molecular flexibility index (Phi) is 7.99. The highest BCUT2D eigenvalue weighted by molar-refractivity contribution is 5.94. The van der Waals surface area contributed by atoms with Crippen molar-refractivity contribution < 1.29 is 19.1 Å². The van der Waals surface area contributed by atoms with Crippen molar-refractivity contribution >= 4 is 17.5 Å². The smallest absolute Gasteiger partial charge is 0.251 e. The number of anilines is 1. The number of benzene rings is 2. The molecule has 3 rings (SSSR count). The normalized spacial score (nSPS) is 10.2. The monoisotopic (exact) mass is 419 g/mol. The molecule has 0 fully saturated rings.